The zero-order valence-corrected chi connectivity index (χ0v) is 14.3. The van der Waals surface area contributed by atoms with Crippen molar-refractivity contribution in [3.63, 3.8) is 0 Å². The molecule has 0 spiro atoms. The van der Waals surface area contributed by atoms with Crippen LogP contribution in [-0.2, 0) is 11.2 Å². The number of benzene rings is 1. The molecule has 1 amide bonds. The van der Waals surface area contributed by atoms with E-state index < -0.39 is 0 Å². The van der Waals surface area contributed by atoms with Crippen molar-refractivity contribution in [2.75, 3.05) is 27.2 Å². The summed E-state index contributed by atoms with van der Waals surface area (Å²) in [5, 5.41) is 3.29. The molecule has 1 aliphatic rings. The molecule has 1 aromatic carbocycles. The fourth-order valence-electron chi connectivity index (χ4n) is 2.81. The molecule has 0 saturated carbocycles. The summed E-state index contributed by atoms with van der Waals surface area (Å²) in [5.41, 5.74) is 1.26. The molecule has 4 nitrogen and oxygen atoms in total. The molecule has 1 saturated heterocycles. The van der Waals surface area contributed by atoms with E-state index in [1.807, 2.05) is 24.1 Å². The molecule has 0 unspecified atom stereocenters. The van der Waals surface area contributed by atoms with Crippen molar-refractivity contribution in [1.29, 1.82) is 0 Å². The van der Waals surface area contributed by atoms with Crippen molar-refractivity contribution in [1.82, 2.24) is 10.2 Å². The molecule has 22 heavy (non-hydrogen) atoms. The number of rotatable bonds is 6. The highest BCUT2D eigenvalue weighted by Gasteiger charge is 2.21. The zero-order valence-electron chi connectivity index (χ0n) is 13.5. The Morgan fingerprint density at radius 2 is 1.91 bits per heavy atom. The molecule has 1 heterocycles. The fraction of sp³-hybridized carbons (Fsp3) is 0.588. The Hall–Kier alpha value is -1.26. The first-order valence-corrected chi connectivity index (χ1v) is 7.81. The standard InChI is InChI=1S/C17H26N2O2.ClH/c1-18-15-10-12-19(13-11-15)17(20)5-3-4-14-6-8-16(21-2)9-7-14;/h6-9,15,18H,3-5,10-13H2,1-2H3;1H. The van der Waals surface area contributed by atoms with Crippen LogP contribution < -0.4 is 10.1 Å². The van der Waals surface area contributed by atoms with Crippen LogP contribution in [0.25, 0.3) is 0 Å². The van der Waals surface area contributed by atoms with Crippen LogP contribution in [0.4, 0.5) is 0 Å². The van der Waals surface area contributed by atoms with Crippen LogP contribution >= 0.6 is 12.4 Å². The van der Waals surface area contributed by atoms with E-state index in [-0.39, 0.29) is 12.4 Å². The van der Waals surface area contributed by atoms with Gasteiger partial charge in [0.15, 0.2) is 0 Å². The second-order valence-electron chi connectivity index (χ2n) is 5.65. The van der Waals surface area contributed by atoms with Gasteiger partial charge in [-0.15, -0.1) is 12.4 Å². The number of halogens is 1. The van der Waals surface area contributed by atoms with Gasteiger partial charge in [-0.2, -0.15) is 0 Å². The van der Waals surface area contributed by atoms with Gasteiger partial charge in [-0.25, -0.2) is 0 Å². The van der Waals surface area contributed by atoms with Crippen molar-refractivity contribution in [3.8, 4) is 5.75 Å². The Balaban J connectivity index is 0.00000242. The number of amides is 1. The topological polar surface area (TPSA) is 41.6 Å². The van der Waals surface area contributed by atoms with E-state index in [2.05, 4.69) is 17.4 Å². The number of methoxy groups -OCH3 is 1. The van der Waals surface area contributed by atoms with Crippen LogP contribution in [0.2, 0.25) is 0 Å². The molecular weight excluding hydrogens is 300 g/mol. The van der Waals surface area contributed by atoms with Crippen LogP contribution in [-0.4, -0.2) is 44.1 Å². The first-order valence-electron chi connectivity index (χ1n) is 7.81. The normalized spacial score (nSPS) is 15.3. The van der Waals surface area contributed by atoms with Crippen molar-refractivity contribution in [2.45, 2.75) is 38.1 Å². The van der Waals surface area contributed by atoms with Gasteiger partial charge in [0.25, 0.3) is 0 Å². The fourth-order valence-corrected chi connectivity index (χ4v) is 2.81. The number of hydrogen-bond acceptors (Lipinski definition) is 3. The van der Waals surface area contributed by atoms with Crippen LogP contribution in [0.5, 0.6) is 5.75 Å². The van der Waals surface area contributed by atoms with Gasteiger partial charge in [0.2, 0.25) is 5.91 Å². The smallest absolute Gasteiger partial charge is 0.222 e. The highest BCUT2D eigenvalue weighted by Crippen LogP contribution is 2.15. The quantitative estimate of drug-likeness (QED) is 0.874. The number of nitrogens with zero attached hydrogens (tertiary/aromatic N) is 1. The number of carbonyl (C=O) groups is 1. The number of hydrogen-bond donors (Lipinski definition) is 1. The van der Waals surface area contributed by atoms with Crippen molar-refractivity contribution in [2.24, 2.45) is 0 Å². The number of piperidine rings is 1. The molecule has 0 aliphatic carbocycles. The maximum atomic E-state index is 12.2. The summed E-state index contributed by atoms with van der Waals surface area (Å²) in [5.74, 6) is 1.18. The zero-order chi connectivity index (χ0) is 15.1. The van der Waals surface area contributed by atoms with Crippen LogP contribution in [0, 0.1) is 0 Å². The van der Waals surface area contributed by atoms with Gasteiger partial charge < -0.3 is 15.0 Å². The average molecular weight is 327 g/mol. The summed E-state index contributed by atoms with van der Waals surface area (Å²) in [6, 6.07) is 8.66. The Morgan fingerprint density at radius 1 is 1.27 bits per heavy atom. The summed E-state index contributed by atoms with van der Waals surface area (Å²) in [4.78, 5) is 14.2. The second kappa shape index (κ2) is 9.70. The van der Waals surface area contributed by atoms with Crippen LogP contribution in [0.15, 0.2) is 24.3 Å². The summed E-state index contributed by atoms with van der Waals surface area (Å²) in [6.07, 6.45) is 4.65. The number of ether oxygens (including phenoxy) is 1. The summed E-state index contributed by atoms with van der Waals surface area (Å²) in [7, 11) is 3.67. The lowest BCUT2D eigenvalue weighted by Gasteiger charge is -2.31. The third-order valence-electron chi connectivity index (χ3n) is 4.27. The van der Waals surface area contributed by atoms with Gasteiger partial charge in [-0.3, -0.25) is 4.79 Å². The Kier molecular flexibility index (Phi) is 8.28. The van der Waals surface area contributed by atoms with Crippen molar-refractivity contribution in [3.05, 3.63) is 29.8 Å². The largest absolute Gasteiger partial charge is 0.497 e. The van der Waals surface area contributed by atoms with E-state index >= 15 is 0 Å². The van der Waals surface area contributed by atoms with Gasteiger partial charge in [0, 0.05) is 25.6 Å². The minimum atomic E-state index is 0. The number of likely N-dealkylation sites (tertiary alicyclic amines) is 1. The van der Waals surface area contributed by atoms with E-state index in [0.717, 1.165) is 44.5 Å². The molecule has 1 fully saturated rings. The third-order valence-corrected chi connectivity index (χ3v) is 4.27. The van der Waals surface area contributed by atoms with E-state index in [9.17, 15) is 4.79 Å². The predicted molar refractivity (Wildman–Crippen MR) is 91.8 cm³/mol. The van der Waals surface area contributed by atoms with E-state index in [0.29, 0.717) is 18.4 Å². The molecule has 0 radical (unpaired) electrons. The lowest BCUT2D eigenvalue weighted by molar-refractivity contribution is -0.132. The molecule has 0 aromatic heterocycles. The maximum absolute atomic E-state index is 12.2. The van der Waals surface area contributed by atoms with Gasteiger partial charge in [0.1, 0.15) is 5.75 Å². The molecule has 1 aromatic rings. The van der Waals surface area contributed by atoms with Gasteiger partial charge in [0.05, 0.1) is 7.11 Å². The second-order valence-corrected chi connectivity index (χ2v) is 5.65. The minimum Gasteiger partial charge on any atom is -0.497 e. The third kappa shape index (κ3) is 5.50. The van der Waals surface area contributed by atoms with Crippen LogP contribution in [0.1, 0.15) is 31.2 Å². The van der Waals surface area contributed by atoms with Crippen molar-refractivity contribution >= 4 is 18.3 Å². The number of carbonyl (C=O) groups excluding carboxylic acids is 1. The Labute approximate surface area is 139 Å². The van der Waals surface area contributed by atoms with Gasteiger partial charge >= 0.3 is 0 Å². The molecular formula is C17H27ClN2O2. The Morgan fingerprint density at radius 3 is 2.45 bits per heavy atom. The number of aryl methyl sites for hydroxylation is 1. The highest BCUT2D eigenvalue weighted by molar-refractivity contribution is 5.85. The first kappa shape index (κ1) is 18.8. The lowest BCUT2D eigenvalue weighted by Crippen LogP contribution is -2.43. The molecule has 124 valence electrons. The maximum Gasteiger partial charge on any atom is 0.222 e. The van der Waals surface area contributed by atoms with E-state index in [4.69, 9.17) is 4.74 Å². The van der Waals surface area contributed by atoms with Gasteiger partial charge in [-0.05, 0) is 50.4 Å². The van der Waals surface area contributed by atoms with Crippen LogP contribution in [0.3, 0.4) is 0 Å². The van der Waals surface area contributed by atoms with E-state index in [1.54, 1.807) is 7.11 Å². The summed E-state index contributed by atoms with van der Waals surface area (Å²) < 4.78 is 5.14. The Bertz CT molecular complexity index is 442. The molecule has 0 bridgehead atoms. The SMILES string of the molecule is CNC1CCN(C(=O)CCCc2ccc(OC)cc2)CC1.Cl. The van der Waals surface area contributed by atoms with Gasteiger partial charge in [-0.1, -0.05) is 12.1 Å². The molecule has 1 aliphatic heterocycles. The molecule has 1 N–H and O–H groups in total. The summed E-state index contributed by atoms with van der Waals surface area (Å²) >= 11 is 0. The predicted octanol–water partition coefficient (Wildman–Crippen LogP) is 2.65. The average Bonchev–Trinajstić information content (AvgIpc) is 2.55. The van der Waals surface area contributed by atoms with Crippen molar-refractivity contribution < 1.29 is 9.53 Å². The molecule has 5 heteroatoms. The first-order chi connectivity index (χ1) is 10.2. The lowest BCUT2D eigenvalue weighted by atomic mass is 10.0. The number of nitrogens with one attached hydrogen (secondary N) is 1. The molecule has 2 rings (SSSR count). The highest BCUT2D eigenvalue weighted by atomic mass is 35.5. The molecule has 0 atom stereocenters. The monoisotopic (exact) mass is 326 g/mol. The van der Waals surface area contributed by atoms with E-state index in [1.165, 1.54) is 5.56 Å². The summed E-state index contributed by atoms with van der Waals surface area (Å²) in [6.45, 7) is 1.79. The minimum absolute atomic E-state index is 0.